The fourth-order valence-corrected chi connectivity index (χ4v) is 5.55. The number of ether oxygens (including phenoxy) is 1. The molecule has 0 atom stereocenters. The Morgan fingerprint density at radius 1 is 1.12 bits per heavy atom. The number of thiazole rings is 1. The summed E-state index contributed by atoms with van der Waals surface area (Å²) in [5.74, 6) is 0.620. The van der Waals surface area contributed by atoms with E-state index in [0.717, 1.165) is 23.4 Å². The van der Waals surface area contributed by atoms with Crippen LogP contribution in [0.3, 0.4) is 0 Å². The molecule has 0 saturated carbocycles. The Hall–Kier alpha value is -3.04. The van der Waals surface area contributed by atoms with Gasteiger partial charge in [0.1, 0.15) is 29.4 Å². The van der Waals surface area contributed by atoms with Crippen LogP contribution in [0.2, 0.25) is 0 Å². The maximum absolute atomic E-state index is 13.4. The van der Waals surface area contributed by atoms with Gasteiger partial charge in [0.15, 0.2) is 0 Å². The molecule has 2 aliphatic heterocycles. The third-order valence-corrected chi connectivity index (χ3v) is 7.66. The van der Waals surface area contributed by atoms with Gasteiger partial charge < -0.3 is 19.1 Å². The maximum atomic E-state index is 13.4. The van der Waals surface area contributed by atoms with E-state index in [4.69, 9.17) is 9.26 Å². The van der Waals surface area contributed by atoms with Crippen LogP contribution in [0.4, 0.5) is 0 Å². The van der Waals surface area contributed by atoms with E-state index >= 15 is 0 Å². The number of aryl methyl sites for hydroxylation is 1. The average Bonchev–Trinajstić information content (AvgIpc) is 3.57. The summed E-state index contributed by atoms with van der Waals surface area (Å²) in [6.07, 6.45) is 1.60. The standard InChI is InChI=1S/C25H28N4O4S/c1-16-20(21(27-33-16)17-7-5-4-6-8-17)24(31)28-11-9-18(10-12-28)22-26-19(13-34-22)23(30)29-15-32-14-25(29,2)3/h4-8,13,18H,9-12,14-15H2,1-3H3. The molecule has 2 fully saturated rings. The van der Waals surface area contributed by atoms with E-state index in [9.17, 15) is 9.59 Å². The molecule has 0 unspecified atom stereocenters. The molecule has 0 radical (unpaired) electrons. The first-order valence-corrected chi connectivity index (χ1v) is 12.4. The fourth-order valence-electron chi connectivity index (χ4n) is 4.59. The minimum absolute atomic E-state index is 0.0534. The Morgan fingerprint density at radius 3 is 2.53 bits per heavy atom. The third kappa shape index (κ3) is 4.14. The number of aromatic nitrogens is 2. The van der Waals surface area contributed by atoms with Gasteiger partial charge in [0.2, 0.25) is 0 Å². The van der Waals surface area contributed by atoms with E-state index in [1.54, 1.807) is 11.8 Å². The molecule has 0 bridgehead atoms. The van der Waals surface area contributed by atoms with Gasteiger partial charge >= 0.3 is 0 Å². The lowest BCUT2D eigenvalue weighted by molar-refractivity contribution is 0.0600. The number of hydrogen-bond donors (Lipinski definition) is 0. The molecule has 178 valence electrons. The van der Waals surface area contributed by atoms with Crippen LogP contribution in [-0.4, -0.2) is 63.7 Å². The lowest BCUT2D eigenvalue weighted by Crippen LogP contribution is -2.44. The van der Waals surface area contributed by atoms with Gasteiger partial charge in [-0.15, -0.1) is 11.3 Å². The lowest BCUT2D eigenvalue weighted by Gasteiger charge is -2.31. The van der Waals surface area contributed by atoms with Crippen LogP contribution in [0.1, 0.15) is 64.2 Å². The van der Waals surface area contributed by atoms with Crippen LogP contribution in [0.15, 0.2) is 40.2 Å². The van der Waals surface area contributed by atoms with Crippen molar-refractivity contribution < 1.29 is 18.8 Å². The van der Waals surface area contributed by atoms with Gasteiger partial charge in [-0.1, -0.05) is 35.5 Å². The number of likely N-dealkylation sites (tertiary alicyclic amines) is 1. The van der Waals surface area contributed by atoms with E-state index in [-0.39, 0.29) is 23.3 Å². The summed E-state index contributed by atoms with van der Waals surface area (Å²) < 4.78 is 10.9. The first kappa shape index (κ1) is 22.7. The van der Waals surface area contributed by atoms with E-state index in [0.29, 0.717) is 49.1 Å². The highest BCUT2D eigenvalue weighted by molar-refractivity contribution is 7.09. The monoisotopic (exact) mass is 480 g/mol. The number of nitrogens with zero attached hydrogens (tertiary/aromatic N) is 4. The number of carbonyl (C=O) groups is 2. The molecule has 8 nitrogen and oxygen atoms in total. The Kier molecular flexibility index (Phi) is 5.99. The number of piperidine rings is 1. The molecular formula is C25H28N4O4S. The van der Waals surface area contributed by atoms with Crippen LogP contribution in [0.25, 0.3) is 11.3 Å². The topological polar surface area (TPSA) is 88.8 Å². The lowest BCUT2D eigenvalue weighted by atomic mass is 9.96. The first-order chi connectivity index (χ1) is 16.3. The second kappa shape index (κ2) is 8.96. The summed E-state index contributed by atoms with van der Waals surface area (Å²) in [5, 5.41) is 6.95. The molecule has 3 aromatic rings. The Morgan fingerprint density at radius 2 is 1.85 bits per heavy atom. The normalized spacial score (nSPS) is 18.4. The smallest absolute Gasteiger partial charge is 0.275 e. The van der Waals surface area contributed by atoms with Crippen molar-refractivity contribution in [3.05, 3.63) is 57.7 Å². The van der Waals surface area contributed by atoms with Crippen molar-refractivity contribution in [3.63, 3.8) is 0 Å². The Bertz CT molecular complexity index is 1190. The Labute approximate surface area is 202 Å². The number of carbonyl (C=O) groups excluding carboxylic acids is 2. The minimum Gasteiger partial charge on any atom is -0.360 e. The zero-order chi connectivity index (χ0) is 23.9. The zero-order valence-corrected chi connectivity index (χ0v) is 20.4. The molecule has 5 rings (SSSR count). The summed E-state index contributed by atoms with van der Waals surface area (Å²) in [6, 6.07) is 9.63. The molecule has 9 heteroatoms. The molecule has 1 aromatic carbocycles. The van der Waals surface area contributed by atoms with Crippen molar-refractivity contribution in [3.8, 4) is 11.3 Å². The molecule has 2 amide bonds. The molecular weight excluding hydrogens is 452 g/mol. The molecule has 0 aliphatic carbocycles. The molecule has 0 spiro atoms. The van der Waals surface area contributed by atoms with Crippen molar-refractivity contribution in [2.75, 3.05) is 26.4 Å². The van der Waals surface area contributed by atoms with Crippen LogP contribution >= 0.6 is 11.3 Å². The molecule has 34 heavy (non-hydrogen) atoms. The fraction of sp³-hybridized carbons (Fsp3) is 0.440. The Balaban J connectivity index is 1.25. The number of rotatable bonds is 4. The highest BCUT2D eigenvalue weighted by Crippen LogP contribution is 2.33. The van der Waals surface area contributed by atoms with Crippen LogP contribution in [-0.2, 0) is 4.74 Å². The predicted molar refractivity (Wildman–Crippen MR) is 128 cm³/mol. The molecule has 4 heterocycles. The van der Waals surface area contributed by atoms with Crippen molar-refractivity contribution in [1.29, 1.82) is 0 Å². The second-order valence-electron chi connectivity index (χ2n) is 9.49. The van der Waals surface area contributed by atoms with E-state index in [2.05, 4.69) is 10.1 Å². The summed E-state index contributed by atoms with van der Waals surface area (Å²) in [5.41, 5.74) is 2.13. The molecule has 2 aromatic heterocycles. The summed E-state index contributed by atoms with van der Waals surface area (Å²) in [4.78, 5) is 34.6. The summed E-state index contributed by atoms with van der Waals surface area (Å²) >= 11 is 1.53. The van der Waals surface area contributed by atoms with Gasteiger partial charge in [-0.25, -0.2) is 4.98 Å². The number of hydrogen-bond acceptors (Lipinski definition) is 7. The van der Waals surface area contributed by atoms with Crippen LogP contribution in [0.5, 0.6) is 0 Å². The third-order valence-electron chi connectivity index (χ3n) is 6.65. The highest BCUT2D eigenvalue weighted by atomic mass is 32.1. The quantitative estimate of drug-likeness (QED) is 0.552. The van der Waals surface area contributed by atoms with Crippen molar-refractivity contribution in [2.24, 2.45) is 0 Å². The van der Waals surface area contributed by atoms with Gasteiger partial charge in [-0.05, 0) is 33.6 Å². The predicted octanol–water partition coefficient (Wildman–Crippen LogP) is 4.33. The van der Waals surface area contributed by atoms with Crippen molar-refractivity contribution in [1.82, 2.24) is 19.9 Å². The van der Waals surface area contributed by atoms with E-state index < -0.39 is 0 Å². The van der Waals surface area contributed by atoms with Gasteiger partial charge in [0.05, 0.1) is 17.2 Å². The molecule has 2 saturated heterocycles. The van der Waals surface area contributed by atoms with Crippen LogP contribution < -0.4 is 0 Å². The van der Waals surface area contributed by atoms with Gasteiger partial charge in [0, 0.05) is 30.0 Å². The number of amides is 2. The van der Waals surface area contributed by atoms with Crippen molar-refractivity contribution >= 4 is 23.2 Å². The van der Waals surface area contributed by atoms with Gasteiger partial charge in [-0.2, -0.15) is 0 Å². The van der Waals surface area contributed by atoms with E-state index in [1.165, 1.54) is 11.3 Å². The van der Waals surface area contributed by atoms with Crippen molar-refractivity contribution in [2.45, 2.75) is 45.1 Å². The summed E-state index contributed by atoms with van der Waals surface area (Å²) in [6.45, 7) is 7.85. The largest absolute Gasteiger partial charge is 0.360 e. The zero-order valence-electron chi connectivity index (χ0n) is 19.6. The second-order valence-corrected chi connectivity index (χ2v) is 10.4. The molecule has 2 aliphatic rings. The van der Waals surface area contributed by atoms with Gasteiger partial charge in [-0.3, -0.25) is 9.59 Å². The SMILES string of the molecule is Cc1onc(-c2ccccc2)c1C(=O)N1CCC(c2nc(C(=O)N3COCC3(C)C)cs2)CC1. The molecule has 0 N–H and O–H groups in total. The van der Waals surface area contributed by atoms with E-state index in [1.807, 2.05) is 54.5 Å². The highest BCUT2D eigenvalue weighted by Gasteiger charge is 2.38. The average molecular weight is 481 g/mol. The van der Waals surface area contributed by atoms with Gasteiger partial charge in [0.25, 0.3) is 11.8 Å². The minimum atomic E-state index is -0.328. The number of benzene rings is 1. The van der Waals surface area contributed by atoms with Crippen LogP contribution in [0, 0.1) is 6.92 Å². The first-order valence-electron chi connectivity index (χ1n) is 11.5. The summed E-state index contributed by atoms with van der Waals surface area (Å²) in [7, 11) is 0. The maximum Gasteiger partial charge on any atom is 0.275 e.